The van der Waals surface area contributed by atoms with Gasteiger partial charge in [-0.2, -0.15) is 0 Å². The van der Waals surface area contributed by atoms with Gasteiger partial charge in [-0.05, 0) is 0 Å². The summed E-state index contributed by atoms with van der Waals surface area (Å²) in [4.78, 5) is 0. The molecule has 0 amide bonds. The van der Waals surface area contributed by atoms with Gasteiger partial charge in [0.2, 0.25) is 0 Å². The zero-order valence-corrected chi connectivity index (χ0v) is 10.8. The molecule has 0 aliphatic rings. The van der Waals surface area contributed by atoms with E-state index in [4.69, 9.17) is 5.26 Å². The van der Waals surface area contributed by atoms with Crippen LogP contribution in [0.3, 0.4) is 0 Å². The van der Waals surface area contributed by atoms with Gasteiger partial charge in [0.15, 0.2) is 0 Å². The summed E-state index contributed by atoms with van der Waals surface area (Å²) in [7, 11) is 0. The zero-order valence-electron chi connectivity index (χ0n) is 8.68. The first kappa shape index (κ1) is 10.3. The molecule has 0 unspecified atom stereocenters. The van der Waals surface area contributed by atoms with E-state index in [1.165, 1.54) is 9.96 Å². The van der Waals surface area contributed by atoms with Gasteiger partial charge in [-0.25, -0.2) is 0 Å². The maximum absolute atomic E-state index is 8.72. The summed E-state index contributed by atoms with van der Waals surface area (Å²) in [6.07, 6.45) is 0. The molecule has 0 heterocycles. The Balaban J connectivity index is 3.23. The molecule has 0 fully saturated rings. The minimum absolute atomic E-state index is 0.771. The standard InChI is InChI=1S/C11H15GeN/c1-9-7-10(8-13)5-6-11(9)12(2,3)4/h5-7H,1-4H3. The van der Waals surface area contributed by atoms with Gasteiger partial charge in [0.25, 0.3) is 0 Å². The Kier molecular flexibility index (Phi) is 2.82. The fraction of sp³-hybridized carbons (Fsp3) is 0.364. The summed E-state index contributed by atoms with van der Waals surface area (Å²) in [6.45, 7) is 2.10. The number of hydrogen-bond donors (Lipinski definition) is 0. The van der Waals surface area contributed by atoms with Crippen molar-refractivity contribution in [3.63, 3.8) is 0 Å². The first-order valence-electron chi connectivity index (χ1n) is 4.46. The molecule has 0 bridgehead atoms. The summed E-state index contributed by atoms with van der Waals surface area (Å²) in [5.74, 6) is 7.11. The summed E-state index contributed by atoms with van der Waals surface area (Å²) in [5, 5.41) is 8.72. The van der Waals surface area contributed by atoms with Crippen molar-refractivity contribution in [2.24, 2.45) is 0 Å². The molecule has 2 heteroatoms. The third kappa shape index (κ3) is 2.35. The van der Waals surface area contributed by atoms with E-state index >= 15 is 0 Å². The molecule has 0 atom stereocenters. The second kappa shape index (κ2) is 3.55. The minimum atomic E-state index is -1.71. The van der Waals surface area contributed by atoms with Crippen LogP contribution < -0.4 is 4.40 Å². The molecule has 1 aromatic carbocycles. The fourth-order valence-electron chi connectivity index (χ4n) is 1.57. The number of nitrogens with zero attached hydrogens (tertiary/aromatic N) is 1. The van der Waals surface area contributed by atoms with E-state index in [2.05, 4.69) is 36.3 Å². The quantitative estimate of drug-likeness (QED) is 0.684. The van der Waals surface area contributed by atoms with Gasteiger partial charge in [-0.1, -0.05) is 0 Å². The molecule has 68 valence electrons. The van der Waals surface area contributed by atoms with Crippen molar-refractivity contribution >= 4 is 17.7 Å². The van der Waals surface area contributed by atoms with Crippen LogP contribution in [-0.4, -0.2) is 13.3 Å². The third-order valence-electron chi connectivity index (χ3n) is 2.16. The van der Waals surface area contributed by atoms with Crippen LogP contribution in [0.4, 0.5) is 0 Å². The predicted molar refractivity (Wildman–Crippen MR) is 58.9 cm³/mol. The normalized spacial score (nSPS) is 11.0. The van der Waals surface area contributed by atoms with Crippen molar-refractivity contribution in [2.45, 2.75) is 24.2 Å². The zero-order chi connectivity index (χ0) is 10.1. The number of benzene rings is 1. The monoisotopic (exact) mass is 235 g/mol. The van der Waals surface area contributed by atoms with E-state index in [-0.39, 0.29) is 0 Å². The molecular weight excluding hydrogens is 219 g/mol. The van der Waals surface area contributed by atoms with Crippen molar-refractivity contribution < 1.29 is 0 Å². The summed E-state index contributed by atoms with van der Waals surface area (Å²) in [5.41, 5.74) is 2.06. The molecule has 0 saturated carbocycles. The molecule has 0 N–H and O–H groups in total. The Bertz CT molecular complexity index is 355. The Morgan fingerprint density at radius 2 is 1.85 bits per heavy atom. The van der Waals surface area contributed by atoms with Crippen LogP contribution in [0.15, 0.2) is 18.2 Å². The summed E-state index contributed by atoms with van der Waals surface area (Å²) < 4.78 is 1.50. The number of rotatable bonds is 1. The molecule has 0 aliphatic heterocycles. The maximum atomic E-state index is 8.72. The Hall–Kier alpha value is -0.747. The molecule has 1 rings (SSSR count). The first-order valence-corrected chi connectivity index (χ1v) is 11.8. The van der Waals surface area contributed by atoms with Crippen LogP contribution in [0, 0.1) is 18.3 Å². The van der Waals surface area contributed by atoms with Gasteiger partial charge in [0, 0.05) is 0 Å². The van der Waals surface area contributed by atoms with Gasteiger partial charge >= 0.3 is 82.5 Å². The van der Waals surface area contributed by atoms with E-state index in [1.54, 1.807) is 0 Å². The van der Waals surface area contributed by atoms with Crippen LogP contribution >= 0.6 is 0 Å². The van der Waals surface area contributed by atoms with Crippen LogP contribution in [0.5, 0.6) is 0 Å². The molecule has 0 aromatic heterocycles. The molecule has 1 aromatic rings. The van der Waals surface area contributed by atoms with Crippen molar-refractivity contribution in [2.75, 3.05) is 0 Å². The van der Waals surface area contributed by atoms with E-state index in [9.17, 15) is 0 Å². The summed E-state index contributed by atoms with van der Waals surface area (Å²) >= 11 is -1.71. The summed E-state index contributed by atoms with van der Waals surface area (Å²) in [6, 6.07) is 8.22. The topological polar surface area (TPSA) is 23.8 Å². The number of aryl methyl sites for hydroxylation is 1. The second-order valence-electron chi connectivity index (χ2n) is 4.39. The molecule has 0 aliphatic carbocycles. The molecule has 13 heavy (non-hydrogen) atoms. The predicted octanol–water partition coefficient (Wildman–Crippen LogP) is 2.41. The van der Waals surface area contributed by atoms with E-state index in [0.717, 1.165) is 5.56 Å². The molecule has 0 saturated heterocycles. The van der Waals surface area contributed by atoms with E-state index in [1.807, 2.05) is 12.1 Å². The van der Waals surface area contributed by atoms with Gasteiger partial charge in [0.05, 0.1) is 0 Å². The molecule has 1 nitrogen and oxygen atoms in total. The van der Waals surface area contributed by atoms with Crippen molar-refractivity contribution in [3.8, 4) is 6.07 Å². The van der Waals surface area contributed by atoms with Crippen LogP contribution in [-0.2, 0) is 0 Å². The van der Waals surface area contributed by atoms with Crippen LogP contribution in [0.25, 0.3) is 0 Å². The number of nitriles is 1. The Morgan fingerprint density at radius 3 is 2.23 bits per heavy atom. The van der Waals surface area contributed by atoms with E-state index < -0.39 is 13.3 Å². The number of hydrogen-bond acceptors (Lipinski definition) is 1. The SMILES string of the molecule is Cc1cc(C#N)cc[c]1[Ge]([CH3])([CH3])[CH3]. The average molecular weight is 234 g/mol. The average Bonchev–Trinajstić information content (AvgIpc) is 2.01. The van der Waals surface area contributed by atoms with Crippen molar-refractivity contribution in [1.29, 1.82) is 5.26 Å². The van der Waals surface area contributed by atoms with Crippen LogP contribution in [0.1, 0.15) is 11.1 Å². The molecule has 0 radical (unpaired) electrons. The Morgan fingerprint density at radius 1 is 1.23 bits per heavy atom. The Labute approximate surface area is 82.8 Å². The molecular formula is C11H15GeN. The molecule has 0 spiro atoms. The second-order valence-corrected chi connectivity index (χ2v) is 15.0. The van der Waals surface area contributed by atoms with Crippen LogP contribution in [0.2, 0.25) is 17.3 Å². The van der Waals surface area contributed by atoms with E-state index in [0.29, 0.717) is 0 Å². The van der Waals surface area contributed by atoms with Gasteiger partial charge < -0.3 is 0 Å². The third-order valence-corrected chi connectivity index (χ3v) is 6.73. The first-order chi connectivity index (χ1) is 5.95. The van der Waals surface area contributed by atoms with Gasteiger partial charge in [0.1, 0.15) is 0 Å². The fourth-order valence-corrected chi connectivity index (χ4v) is 5.43. The van der Waals surface area contributed by atoms with Crippen molar-refractivity contribution in [3.05, 3.63) is 29.3 Å². The van der Waals surface area contributed by atoms with Gasteiger partial charge in [-0.3, -0.25) is 0 Å². The van der Waals surface area contributed by atoms with Gasteiger partial charge in [-0.15, -0.1) is 0 Å². The van der Waals surface area contributed by atoms with Crippen molar-refractivity contribution in [1.82, 2.24) is 0 Å².